The van der Waals surface area contributed by atoms with Crippen LogP contribution in [0.3, 0.4) is 0 Å². The van der Waals surface area contributed by atoms with E-state index in [1.54, 1.807) is 0 Å². The number of non-ortho nitro benzene ring substituents is 1. The van der Waals surface area contributed by atoms with Gasteiger partial charge < -0.3 is 10.4 Å². The molecule has 0 aliphatic carbocycles. The van der Waals surface area contributed by atoms with Gasteiger partial charge in [-0.15, -0.1) is 12.3 Å². The van der Waals surface area contributed by atoms with Crippen molar-refractivity contribution < 1.29 is 14.8 Å². The van der Waals surface area contributed by atoms with Crippen LogP contribution in [0.4, 0.5) is 11.4 Å². The van der Waals surface area contributed by atoms with Gasteiger partial charge >= 0.3 is 5.97 Å². The zero-order valence-electron chi connectivity index (χ0n) is 9.14. The molecule has 0 saturated carbocycles. The quantitative estimate of drug-likeness (QED) is 0.370. The summed E-state index contributed by atoms with van der Waals surface area (Å²) in [7, 11) is 0. The standard InChI is InChI=1S/C11H9ClN2O4/c1-2-3-4-13-10-8(11(15)16)5-7(14(17)18)6-9(10)12/h1,5-6,13H,3-4H2,(H,15,16). The second-order valence-electron chi connectivity index (χ2n) is 3.29. The predicted octanol–water partition coefficient (Wildman–Crippen LogP) is 2.38. The number of hydrogen-bond acceptors (Lipinski definition) is 4. The Bertz CT molecular complexity index is 537. The monoisotopic (exact) mass is 268 g/mol. The molecule has 1 rings (SSSR count). The highest BCUT2D eigenvalue weighted by Crippen LogP contribution is 2.31. The first-order chi connectivity index (χ1) is 8.47. The van der Waals surface area contributed by atoms with Gasteiger partial charge in [0.05, 0.1) is 21.2 Å². The van der Waals surface area contributed by atoms with Gasteiger partial charge in [0.25, 0.3) is 5.69 Å². The summed E-state index contributed by atoms with van der Waals surface area (Å²) in [5, 5.41) is 22.3. The fourth-order valence-electron chi connectivity index (χ4n) is 1.31. The summed E-state index contributed by atoms with van der Waals surface area (Å²) >= 11 is 5.82. The van der Waals surface area contributed by atoms with Crippen LogP contribution in [0.1, 0.15) is 16.8 Å². The minimum atomic E-state index is -1.30. The van der Waals surface area contributed by atoms with Gasteiger partial charge in [0.2, 0.25) is 0 Å². The molecule has 0 atom stereocenters. The van der Waals surface area contributed by atoms with Gasteiger partial charge in [-0.05, 0) is 0 Å². The van der Waals surface area contributed by atoms with Crippen molar-refractivity contribution in [3.63, 3.8) is 0 Å². The van der Waals surface area contributed by atoms with E-state index in [0.29, 0.717) is 13.0 Å². The van der Waals surface area contributed by atoms with Crippen molar-refractivity contribution >= 4 is 28.9 Å². The molecule has 0 heterocycles. The molecule has 18 heavy (non-hydrogen) atoms. The molecular formula is C11H9ClN2O4. The molecule has 94 valence electrons. The van der Waals surface area contributed by atoms with Crippen molar-refractivity contribution in [2.75, 3.05) is 11.9 Å². The van der Waals surface area contributed by atoms with Crippen molar-refractivity contribution in [3.8, 4) is 12.3 Å². The molecule has 0 unspecified atom stereocenters. The number of terminal acetylenes is 1. The number of halogens is 1. The van der Waals surface area contributed by atoms with Crippen molar-refractivity contribution in [1.29, 1.82) is 0 Å². The largest absolute Gasteiger partial charge is 0.478 e. The van der Waals surface area contributed by atoms with Gasteiger partial charge in [0, 0.05) is 25.1 Å². The van der Waals surface area contributed by atoms with Gasteiger partial charge in [0.1, 0.15) is 0 Å². The Kier molecular flexibility index (Phi) is 4.52. The molecule has 0 fully saturated rings. The lowest BCUT2D eigenvalue weighted by Crippen LogP contribution is -2.08. The fraction of sp³-hybridized carbons (Fsp3) is 0.182. The van der Waals surface area contributed by atoms with Crippen LogP contribution >= 0.6 is 11.6 Å². The fourth-order valence-corrected chi connectivity index (χ4v) is 1.59. The van der Waals surface area contributed by atoms with Gasteiger partial charge in [-0.25, -0.2) is 4.79 Å². The predicted molar refractivity (Wildman–Crippen MR) is 67.0 cm³/mol. The number of benzene rings is 1. The van der Waals surface area contributed by atoms with Crippen molar-refractivity contribution in [2.45, 2.75) is 6.42 Å². The first-order valence-corrected chi connectivity index (χ1v) is 5.23. The number of hydrogen-bond donors (Lipinski definition) is 2. The molecule has 7 heteroatoms. The van der Waals surface area contributed by atoms with Crippen molar-refractivity contribution in [2.24, 2.45) is 0 Å². The molecule has 1 aromatic rings. The third kappa shape index (κ3) is 3.12. The second kappa shape index (κ2) is 5.89. The van der Waals surface area contributed by atoms with Crippen LogP contribution in [0.25, 0.3) is 0 Å². The molecule has 0 spiro atoms. The van der Waals surface area contributed by atoms with E-state index in [1.807, 2.05) is 0 Å². The molecule has 0 amide bonds. The molecule has 2 N–H and O–H groups in total. The minimum Gasteiger partial charge on any atom is -0.478 e. The van der Waals surface area contributed by atoms with Crippen LogP contribution in [0.5, 0.6) is 0 Å². The first-order valence-electron chi connectivity index (χ1n) is 4.86. The van der Waals surface area contributed by atoms with Crippen LogP contribution < -0.4 is 5.32 Å². The lowest BCUT2D eigenvalue weighted by Gasteiger charge is -2.10. The number of nitrogens with one attached hydrogen (secondary N) is 1. The topological polar surface area (TPSA) is 92.5 Å². The Labute approximate surface area is 108 Å². The normalized spacial score (nSPS) is 9.56. The molecule has 0 aliphatic heterocycles. The zero-order valence-corrected chi connectivity index (χ0v) is 9.90. The highest BCUT2D eigenvalue weighted by Gasteiger charge is 2.19. The van der Waals surface area contributed by atoms with E-state index in [2.05, 4.69) is 11.2 Å². The first kappa shape index (κ1) is 13.8. The number of anilines is 1. The smallest absolute Gasteiger partial charge is 0.338 e. The summed E-state index contributed by atoms with van der Waals surface area (Å²) in [5.74, 6) is 1.07. The number of nitrogens with zero attached hydrogens (tertiary/aromatic N) is 1. The molecule has 0 bridgehead atoms. The van der Waals surface area contributed by atoms with E-state index in [9.17, 15) is 14.9 Å². The Morgan fingerprint density at radius 2 is 2.28 bits per heavy atom. The summed E-state index contributed by atoms with van der Waals surface area (Å²) in [6.45, 7) is 0.328. The number of carbonyl (C=O) groups is 1. The third-order valence-corrected chi connectivity index (χ3v) is 2.39. The summed E-state index contributed by atoms with van der Waals surface area (Å²) < 4.78 is 0. The van der Waals surface area contributed by atoms with Gasteiger partial charge in [-0.1, -0.05) is 11.6 Å². The number of nitro benzene ring substituents is 1. The Morgan fingerprint density at radius 1 is 1.61 bits per heavy atom. The Balaban J connectivity index is 3.20. The van der Waals surface area contributed by atoms with E-state index in [0.717, 1.165) is 12.1 Å². The highest BCUT2D eigenvalue weighted by molar-refractivity contribution is 6.34. The Hall–Kier alpha value is -2.26. The van der Waals surface area contributed by atoms with Crippen LogP contribution in [0, 0.1) is 22.5 Å². The average Bonchev–Trinajstić information content (AvgIpc) is 2.30. The summed E-state index contributed by atoms with van der Waals surface area (Å²) in [5.41, 5.74) is -0.504. The van der Waals surface area contributed by atoms with E-state index in [-0.39, 0.29) is 22.0 Å². The molecule has 1 aromatic carbocycles. The van der Waals surface area contributed by atoms with E-state index >= 15 is 0 Å². The molecule has 0 radical (unpaired) electrons. The van der Waals surface area contributed by atoms with E-state index in [1.165, 1.54) is 0 Å². The number of aromatic carboxylic acids is 1. The van der Waals surface area contributed by atoms with Crippen LogP contribution in [0.2, 0.25) is 5.02 Å². The second-order valence-corrected chi connectivity index (χ2v) is 3.70. The molecule has 0 aliphatic rings. The van der Waals surface area contributed by atoms with Crippen LogP contribution in [-0.2, 0) is 0 Å². The third-order valence-electron chi connectivity index (χ3n) is 2.09. The van der Waals surface area contributed by atoms with E-state index < -0.39 is 10.9 Å². The maximum atomic E-state index is 11.0. The lowest BCUT2D eigenvalue weighted by atomic mass is 10.1. The van der Waals surface area contributed by atoms with Gasteiger partial charge in [-0.2, -0.15) is 0 Å². The molecule has 6 nitrogen and oxygen atoms in total. The SMILES string of the molecule is C#CCCNc1c(Cl)cc([N+](=O)[O-])cc1C(=O)O. The Morgan fingerprint density at radius 3 is 2.78 bits per heavy atom. The zero-order chi connectivity index (χ0) is 13.7. The number of carboxylic acids is 1. The van der Waals surface area contributed by atoms with Gasteiger partial charge in [0.15, 0.2) is 0 Å². The number of nitro groups is 1. The maximum absolute atomic E-state index is 11.0. The number of rotatable bonds is 5. The summed E-state index contributed by atoms with van der Waals surface area (Å²) in [6, 6.07) is 2.04. The molecule has 0 aromatic heterocycles. The van der Waals surface area contributed by atoms with Crippen LogP contribution in [-0.4, -0.2) is 22.5 Å². The average molecular weight is 269 g/mol. The van der Waals surface area contributed by atoms with Crippen molar-refractivity contribution in [3.05, 3.63) is 32.8 Å². The van der Waals surface area contributed by atoms with Gasteiger partial charge in [-0.3, -0.25) is 10.1 Å². The summed E-state index contributed by atoms with van der Waals surface area (Å²) in [4.78, 5) is 20.9. The maximum Gasteiger partial charge on any atom is 0.338 e. The van der Waals surface area contributed by atoms with Crippen molar-refractivity contribution in [1.82, 2.24) is 0 Å². The van der Waals surface area contributed by atoms with Crippen LogP contribution in [0.15, 0.2) is 12.1 Å². The number of carboxylic acid groups (broad SMARTS) is 1. The minimum absolute atomic E-state index is 0.0291. The molecular weight excluding hydrogens is 260 g/mol. The van der Waals surface area contributed by atoms with E-state index in [4.69, 9.17) is 23.1 Å². The molecule has 0 saturated heterocycles. The highest BCUT2D eigenvalue weighted by atomic mass is 35.5. The lowest BCUT2D eigenvalue weighted by molar-refractivity contribution is -0.384. The summed E-state index contributed by atoms with van der Waals surface area (Å²) in [6.07, 6.45) is 5.45.